The van der Waals surface area contributed by atoms with Crippen molar-refractivity contribution in [3.8, 4) is 11.8 Å². The van der Waals surface area contributed by atoms with Gasteiger partial charge in [0.2, 0.25) is 0 Å². The van der Waals surface area contributed by atoms with Gasteiger partial charge >= 0.3 is 6.18 Å². The number of hydrogen-bond acceptors (Lipinski definition) is 2. The molecule has 0 heterocycles. The standard InChI is InChI=1S/C10H7ClF3NO/c1-16-8-3-2-7(10(12,13)14)6(4-5-15)9(8)11/h2-3H,4H2,1H3. The molecule has 0 atom stereocenters. The number of methoxy groups -OCH3 is 1. The monoisotopic (exact) mass is 249 g/mol. The van der Waals surface area contributed by atoms with Crippen LogP contribution in [0.2, 0.25) is 5.02 Å². The van der Waals surface area contributed by atoms with E-state index in [0.29, 0.717) is 0 Å². The molecule has 1 aromatic rings. The van der Waals surface area contributed by atoms with Gasteiger partial charge in [0.15, 0.2) is 0 Å². The van der Waals surface area contributed by atoms with Crippen molar-refractivity contribution >= 4 is 11.6 Å². The third-order valence-corrected chi connectivity index (χ3v) is 2.40. The number of nitrogens with zero attached hydrogens (tertiary/aromatic N) is 1. The summed E-state index contributed by atoms with van der Waals surface area (Å²) in [6.07, 6.45) is -4.94. The van der Waals surface area contributed by atoms with Crippen LogP contribution in [0.4, 0.5) is 13.2 Å². The summed E-state index contributed by atoms with van der Waals surface area (Å²) in [4.78, 5) is 0. The van der Waals surface area contributed by atoms with E-state index in [4.69, 9.17) is 21.6 Å². The van der Waals surface area contributed by atoms with E-state index in [1.165, 1.54) is 7.11 Å². The molecule has 0 amide bonds. The summed E-state index contributed by atoms with van der Waals surface area (Å²) < 4.78 is 42.5. The van der Waals surface area contributed by atoms with Gasteiger partial charge in [0.1, 0.15) is 5.75 Å². The molecule has 0 bridgehead atoms. The molecule has 16 heavy (non-hydrogen) atoms. The average molecular weight is 250 g/mol. The van der Waals surface area contributed by atoms with Gasteiger partial charge in [-0.15, -0.1) is 0 Å². The van der Waals surface area contributed by atoms with Crippen LogP contribution in [0.3, 0.4) is 0 Å². The highest BCUT2D eigenvalue weighted by molar-refractivity contribution is 6.33. The van der Waals surface area contributed by atoms with E-state index in [2.05, 4.69) is 0 Å². The molecule has 0 aromatic heterocycles. The van der Waals surface area contributed by atoms with Gasteiger partial charge in [0.25, 0.3) is 0 Å². The number of ether oxygens (including phenoxy) is 1. The number of halogens is 4. The van der Waals surface area contributed by atoms with Crippen LogP contribution in [0.25, 0.3) is 0 Å². The Hall–Kier alpha value is -1.41. The van der Waals surface area contributed by atoms with Crippen LogP contribution in [0.1, 0.15) is 11.1 Å². The summed E-state index contributed by atoms with van der Waals surface area (Å²) in [6, 6.07) is 3.64. The van der Waals surface area contributed by atoms with Crippen LogP contribution in [0, 0.1) is 11.3 Å². The zero-order valence-electron chi connectivity index (χ0n) is 8.23. The summed E-state index contributed by atoms with van der Waals surface area (Å²) in [5.74, 6) is 0.125. The van der Waals surface area contributed by atoms with Gasteiger partial charge in [-0.05, 0) is 12.1 Å². The van der Waals surface area contributed by atoms with Crippen molar-refractivity contribution in [1.29, 1.82) is 5.26 Å². The molecule has 6 heteroatoms. The molecule has 0 aliphatic heterocycles. The van der Waals surface area contributed by atoms with E-state index in [0.717, 1.165) is 12.1 Å². The van der Waals surface area contributed by atoms with E-state index < -0.39 is 18.2 Å². The fourth-order valence-corrected chi connectivity index (χ4v) is 1.58. The Labute approximate surface area is 95.2 Å². The van der Waals surface area contributed by atoms with Crippen LogP contribution in [0.15, 0.2) is 12.1 Å². The summed E-state index contributed by atoms with van der Waals surface area (Å²) in [7, 11) is 1.30. The lowest BCUT2D eigenvalue weighted by molar-refractivity contribution is -0.138. The lowest BCUT2D eigenvalue weighted by atomic mass is 10.0. The predicted molar refractivity (Wildman–Crippen MR) is 52.3 cm³/mol. The highest BCUT2D eigenvalue weighted by Crippen LogP contribution is 2.39. The summed E-state index contributed by atoms with van der Waals surface area (Å²) in [5, 5.41) is 8.31. The number of benzene rings is 1. The van der Waals surface area contributed by atoms with Crippen molar-refractivity contribution in [2.75, 3.05) is 7.11 Å². The highest BCUT2D eigenvalue weighted by Gasteiger charge is 2.34. The Kier molecular flexibility index (Phi) is 3.66. The van der Waals surface area contributed by atoms with Gasteiger partial charge < -0.3 is 4.74 Å². The lowest BCUT2D eigenvalue weighted by Crippen LogP contribution is -2.10. The van der Waals surface area contributed by atoms with Crippen molar-refractivity contribution in [2.45, 2.75) is 12.6 Å². The average Bonchev–Trinajstić information content (AvgIpc) is 2.19. The van der Waals surface area contributed by atoms with E-state index in [1.807, 2.05) is 0 Å². The van der Waals surface area contributed by atoms with Gasteiger partial charge in [-0.1, -0.05) is 11.6 Å². The topological polar surface area (TPSA) is 33.0 Å². The third-order valence-electron chi connectivity index (χ3n) is 1.99. The van der Waals surface area contributed by atoms with Crippen molar-refractivity contribution in [2.24, 2.45) is 0 Å². The van der Waals surface area contributed by atoms with E-state index in [1.54, 1.807) is 6.07 Å². The molecule has 0 saturated heterocycles. The van der Waals surface area contributed by atoms with Crippen molar-refractivity contribution in [1.82, 2.24) is 0 Å². The Balaban J connectivity index is 3.42. The van der Waals surface area contributed by atoms with E-state index in [9.17, 15) is 13.2 Å². The van der Waals surface area contributed by atoms with E-state index >= 15 is 0 Å². The molecule has 1 aromatic carbocycles. The molecule has 0 spiro atoms. The third kappa shape index (κ3) is 2.39. The first-order chi connectivity index (χ1) is 7.41. The van der Waals surface area contributed by atoms with Crippen molar-refractivity contribution < 1.29 is 17.9 Å². The largest absolute Gasteiger partial charge is 0.495 e. The van der Waals surface area contributed by atoms with Crippen molar-refractivity contribution in [3.63, 3.8) is 0 Å². The second kappa shape index (κ2) is 4.62. The molecular weight excluding hydrogens is 243 g/mol. The normalized spacial score (nSPS) is 11.0. The second-order valence-corrected chi connectivity index (χ2v) is 3.32. The number of rotatable bonds is 2. The maximum absolute atomic E-state index is 12.6. The number of nitriles is 1. The molecule has 0 unspecified atom stereocenters. The smallest absolute Gasteiger partial charge is 0.416 e. The van der Waals surface area contributed by atoms with Gasteiger partial charge in [0, 0.05) is 5.56 Å². The first-order valence-corrected chi connectivity index (χ1v) is 4.59. The molecule has 2 nitrogen and oxygen atoms in total. The molecule has 0 N–H and O–H groups in total. The maximum atomic E-state index is 12.6. The first kappa shape index (κ1) is 12.7. The van der Waals surface area contributed by atoms with E-state index in [-0.39, 0.29) is 16.3 Å². The van der Waals surface area contributed by atoms with Gasteiger partial charge in [-0.3, -0.25) is 0 Å². The molecule has 1 rings (SSSR count). The fraction of sp³-hybridized carbons (Fsp3) is 0.300. The Morgan fingerprint density at radius 3 is 2.50 bits per heavy atom. The van der Waals surface area contributed by atoms with Crippen LogP contribution in [0.5, 0.6) is 5.75 Å². The quantitative estimate of drug-likeness (QED) is 0.804. The van der Waals surface area contributed by atoms with Gasteiger partial charge in [-0.25, -0.2) is 0 Å². The molecule has 0 radical (unpaired) electrons. The second-order valence-electron chi connectivity index (χ2n) is 2.94. The highest BCUT2D eigenvalue weighted by atomic mass is 35.5. The molecule has 0 fully saturated rings. The zero-order chi connectivity index (χ0) is 12.3. The molecule has 0 aliphatic rings. The molecule has 86 valence electrons. The minimum atomic E-state index is -4.53. The first-order valence-electron chi connectivity index (χ1n) is 4.21. The lowest BCUT2D eigenvalue weighted by Gasteiger charge is -2.14. The Morgan fingerprint density at radius 1 is 1.44 bits per heavy atom. The van der Waals surface area contributed by atoms with Crippen LogP contribution >= 0.6 is 11.6 Å². The summed E-state index contributed by atoms with van der Waals surface area (Å²) in [6.45, 7) is 0. The molecule has 0 saturated carbocycles. The van der Waals surface area contributed by atoms with Crippen LogP contribution < -0.4 is 4.74 Å². The van der Waals surface area contributed by atoms with Crippen LogP contribution in [-0.2, 0) is 12.6 Å². The van der Waals surface area contributed by atoms with Gasteiger partial charge in [0.05, 0.1) is 30.2 Å². The predicted octanol–water partition coefficient (Wildman–Crippen LogP) is 3.43. The molecular formula is C10H7ClF3NO. The minimum Gasteiger partial charge on any atom is -0.495 e. The zero-order valence-corrected chi connectivity index (χ0v) is 8.99. The number of hydrogen-bond donors (Lipinski definition) is 0. The summed E-state index contributed by atoms with van der Waals surface area (Å²) >= 11 is 5.72. The molecule has 0 aliphatic carbocycles. The van der Waals surface area contributed by atoms with Crippen molar-refractivity contribution in [3.05, 3.63) is 28.3 Å². The Bertz CT molecular complexity index is 437. The number of alkyl halides is 3. The Morgan fingerprint density at radius 2 is 2.06 bits per heavy atom. The fourth-order valence-electron chi connectivity index (χ4n) is 1.27. The maximum Gasteiger partial charge on any atom is 0.416 e. The van der Waals surface area contributed by atoms with Gasteiger partial charge in [-0.2, -0.15) is 18.4 Å². The van der Waals surface area contributed by atoms with Crippen LogP contribution in [-0.4, -0.2) is 7.11 Å². The minimum absolute atomic E-state index is 0.125. The SMILES string of the molecule is COc1ccc(C(F)(F)F)c(CC#N)c1Cl. The summed E-state index contributed by atoms with van der Waals surface area (Å²) in [5.41, 5.74) is -1.16.